The highest BCUT2D eigenvalue weighted by Crippen LogP contribution is 2.30. The Kier molecular flexibility index (Phi) is 2.09. The Morgan fingerprint density at radius 2 is 2.54 bits per heavy atom. The summed E-state index contributed by atoms with van der Waals surface area (Å²) in [5.41, 5.74) is 0.959. The summed E-state index contributed by atoms with van der Waals surface area (Å²) in [4.78, 5) is 13.3. The largest absolute Gasteiger partial charge is 0.480 e. The zero-order chi connectivity index (χ0) is 9.42. The van der Waals surface area contributed by atoms with Gasteiger partial charge in [-0.05, 0) is 25.0 Å². The van der Waals surface area contributed by atoms with Crippen LogP contribution in [0.4, 0.5) is 0 Å². The van der Waals surface area contributed by atoms with Gasteiger partial charge in [0.15, 0.2) is 0 Å². The molecule has 1 aromatic heterocycles. The molecule has 0 fully saturated rings. The first kappa shape index (κ1) is 8.72. The highest BCUT2D eigenvalue weighted by atomic mass is 32.1. The number of fused-ring (bicyclic) bond motifs is 1. The summed E-state index contributed by atoms with van der Waals surface area (Å²) in [5, 5.41) is 11.9. The van der Waals surface area contributed by atoms with Crippen LogP contribution >= 0.6 is 11.3 Å². The normalized spacial score (nSPS) is 21.2. The summed E-state index contributed by atoms with van der Waals surface area (Å²) < 4.78 is 0. The van der Waals surface area contributed by atoms with Crippen LogP contribution in [0.15, 0.2) is 6.07 Å². The lowest BCUT2D eigenvalue weighted by atomic mass is 10.0. The SMILES string of the molecule is Cc1cc2c(s1)CCNC2C(=O)O. The number of carboxylic acid groups (broad SMARTS) is 1. The third-order valence-corrected chi connectivity index (χ3v) is 3.35. The quantitative estimate of drug-likeness (QED) is 0.714. The molecule has 1 atom stereocenters. The molecule has 2 rings (SSSR count). The minimum Gasteiger partial charge on any atom is -0.480 e. The average molecular weight is 197 g/mol. The van der Waals surface area contributed by atoms with Gasteiger partial charge in [0.1, 0.15) is 6.04 Å². The lowest BCUT2D eigenvalue weighted by Gasteiger charge is -2.19. The molecule has 1 aliphatic heterocycles. The van der Waals surface area contributed by atoms with E-state index in [9.17, 15) is 4.79 Å². The maximum atomic E-state index is 10.9. The lowest BCUT2D eigenvalue weighted by Crippen LogP contribution is -2.33. The van der Waals surface area contributed by atoms with Gasteiger partial charge in [0, 0.05) is 16.3 Å². The van der Waals surface area contributed by atoms with Crippen LogP contribution in [0.5, 0.6) is 0 Å². The second-order valence-corrected chi connectivity index (χ2v) is 4.55. The van der Waals surface area contributed by atoms with Crippen LogP contribution in [0, 0.1) is 6.92 Å². The van der Waals surface area contributed by atoms with Crippen molar-refractivity contribution in [2.45, 2.75) is 19.4 Å². The van der Waals surface area contributed by atoms with Crippen molar-refractivity contribution in [1.29, 1.82) is 0 Å². The van der Waals surface area contributed by atoms with Crippen LogP contribution < -0.4 is 5.32 Å². The Bertz CT molecular complexity index is 345. The third-order valence-electron chi connectivity index (χ3n) is 2.22. The number of carbonyl (C=O) groups is 1. The maximum absolute atomic E-state index is 10.9. The van der Waals surface area contributed by atoms with E-state index in [0.29, 0.717) is 0 Å². The number of rotatable bonds is 1. The van der Waals surface area contributed by atoms with Crippen molar-refractivity contribution in [3.8, 4) is 0 Å². The van der Waals surface area contributed by atoms with Crippen LogP contribution in [0.2, 0.25) is 0 Å². The van der Waals surface area contributed by atoms with E-state index in [0.717, 1.165) is 18.5 Å². The highest BCUT2D eigenvalue weighted by Gasteiger charge is 2.26. The summed E-state index contributed by atoms with van der Waals surface area (Å²) >= 11 is 1.71. The molecule has 0 radical (unpaired) electrons. The molecule has 2 N–H and O–H groups in total. The Balaban J connectivity index is 2.41. The van der Waals surface area contributed by atoms with Gasteiger partial charge in [-0.25, -0.2) is 0 Å². The van der Waals surface area contributed by atoms with Gasteiger partial charge in [-0.1, -0.05) is 0 Å². The molecule has 70 valence electrons. The van der Waals surface area contributed by atoms with Gasteiger partial charge in [0.2, 0.25) is 0 Å². The zero-order valence-electron chi connectivity index (χ0n) is 7.33. The number of thiophene rings is 1. The molecular formula is C9H11NO2S. The molecule has 1 unspecified atom stereocenters. The number of carboxylic acids is 1. The minimum absolute atomic E-state index is 0.492. The van der Waals surface area contributed by atoms with Gasteiger partial charge < -0.3 is 10.4 Å². The van der Waals surface area contributed by atoms with Crippen molar-refractivity contribution >= 4 is 17.3 Å². The van der Waals surface area contributed by atoms with Crippen molar-refractivity contribution in [1.82, 2.24) is 5.32 Å². The smallest absolute Gasteiger partial charge is 0.325 e. The van der Waals surface area contributed by atoms with E-state index < -0.39 is 12.0 Å². The molecule has 0 aliphatic carbocycles. The van der Waals surface area contributed by atoms with Crippen LogP contribution in [0.3, 0.4) is 0 Å². The van der Waals surface area contributed by atoms with Crippen LogP contribution in [-0.4, -0.2) is 17.6 Å². The Morgan fingerprint density at radius 3 is 3.23 bits per heavy atom. The molecule has 0 amide bonds. The predicted molar refractivity (Wildman–Crippen MR) is 51.1 cm³/mol. The van der Waals surface area contributed by atoms with Crippen LogP contribution in [0.25, 0.3) is 0 Å². The first-order valence-corrected chi connectivity index (χ1v) is 5.05. The number of hydrogen-bond donors (Lipinski definition) is 2. The Labute approximate surface area is 80.4 Å². The molecule has 0 bridgehead atoms. The van der Waals surface area contributed by atoms with E-state index in [1.165, 1.54) is 9.75 Å². The number of aryl methyl sites for hydroxylation is 1. The van der Waals surface area contributed by atoms with E-state index in [1.807, 2.05) is 13.0 Å². The summed E-state index contributed by atoms with van der Waals surface area (Å²) in [6, 6.07) is 1.49. The van der Waals surface area contributed by atoms with E-state index in [-0.39, 0.29) is 0 Å². The van der Waals surface area contributed by atoms with Crippen molar-refractivity contribution in [2.24, 2.45) is 0 Å². The van der Waals surface area contributed by atoms with E-state index in [4.69, 9.17) is 5.11 Å². The topological polar surface area (TPSA) is 49.3 Å². The molecule has 4 heteroatoms. The van der Waals surface area contributed by atoms with Gasteiger partial charge in [-0.3, -0.25) is 4.79 Å². The van der Waals surface area contributed by atoms with E-state index in [2.05, 4.69) is 5.32 Å². The highest BCUT2D eigenvalue weighted by molar-refractivity contribution is 7.12. The maximum Gasteiger partial charge on any atom is 0.325 e. The summed E-state index contributed by atoms with van der Waals surface area (Å²) in [6.45, 7) is 2.78. The molecule has 0 aromatic carbocycles. The first-order chi connectivity index (χ1) is 6.18. The number of hydrogen-bond acceptors (Lipinski definition) is 3. The first-order valence-electron chi connectivity index (χ1n) is 4.24. The van der Waals surface area contributed by atoms with Crippen molar-refractivity contribution < 1.29 is 9.90 Å². The molecule has 0 saturated heterocycles. The second-order valence-electron chi connectivity index (χ2n) is 3.21. The van der Waals surface area contributed by atoms with E-state index >= 15 is 0 Å². The Morgan fingerprint density at radius 1 is 1.77 bits per heavy atom. The van der Waals surface area contributed by atoms with Gasteiger partial charge >= 0.3 is 5.97 Å². The lowest BCUT2D eigenvalue weighted by molar-refractivity contribution is -0.139. The van der Waals surface area contributed by atoms with E-state index in [1.54, 1.807) is 11.3 Å². The fourth-order valence-electron chi connectivity index (χ4n) is 1.68. The molecule has 2 heterocycles. The molecule has 1 aromatic rings. The van der Waals surface area contributed by atoms with Crippen molar-refractivity contribution in [2.75, 3.05) is 6.54 Å². The molecular weight excluding hydrogens is 186 g/mol. The fraction of sp³-hybridized carbons (Fsp3) is 0.444. The number of aliphatic carboxylic acids is 1. The van der Waals surface area contributed by atoms with Crippen molar-refractivity contribution in [3.05, 3.63) is 21.4 Å². The van der Waals surface area contributed by atoms with Crippen LogP contribution in [0.1, 0.15) is 21.4 Å². The monoisotopic (exact) mass is 197 g/mol. The summed E-state index contributed by atoms with van der Waals surface area (Å²) in [5.74, 6) is -0.779. The molecule has 13 heavy (non-hydrogen) atoms. The van der Waals surface area contributed by atoms with Gasteiger partial charge in [-0.15, -0.1) is 11.3 Å². The minimum atomic E-state index is -0.779. The molecule has 0 saturated carbocycles. The fourth-order valence-corrected chi connectivity index (χ4v) is 2.76. The molecule has 1 aliphatic rings. The summed E-state index contributed by atoms with van der Waals surface area (Å²) in [6.07, 6.45) is 0.956. The second kappa shape index (κ2) is 3.12. The van der Waals surface area contributed by atoms with Gasteiger partial charge in [0.25, 0.3) is 0 Å². The Hall–Kier alpha value is -0.870. The van der Waals surface area contributed by atoms with Gasteiger partial charge in [-0.2, -0.15) is 0 Å². The average Bonchev–Trinajstić information content (AvgIpc) is 2.43. The zero-order valence-corrected chi connectivity index (χ0v) is 8.15. The summed E-state index contributed by atoms with van der Waals surface area (Å²) in [7, 11) is 0. The van der Waals surface area contributed by atoms with Gasteiger partial charge in [0.05, 0.1) is 0 Å². The number of nitrogens with one attached hydrogen (secondary N) is 1. The predicted octanol–water partition coefficient (Wildman–Crippen LogP) is 1.33. The molecule has 0 spiro atoms. The standard InChI is InChI=1S/C9H11NO2S/c1-5-4-6-7(13-5)2-3-10-8(6)9(11)12/h4,8,10H,2-3H2,1H3,(H,11,12). The van der Waals surface area contributed by atoms with Crippen molar-refractivity contribution in [3.63, 3.8) is 0 Å². The molecule has 3 nitrogen and oxygen atoms in total. The third kappa shape index (κ3) is 1.47. The van der Waals surface area contributed by atoms with Crippen LogP contribution in [-0.2, 0) is 11.2 Å².